The molecule has 0 bridgehead atoms. The zero-order valence-corrected chi connectivity index (χ0v) is 14.4. The minimum Gasteiger partial charge on any atom is -0.484 e. The van der Waals surface area contributed by atoms with Crippen LogP contribution in [-0.2, 0) is 6.54 Å². The zero-order valence-electron chi connectivity index (χ0n) is 12.1. The molecule has 0 radical (unpaired) electrons. The number of nitrogens with two attached hydrogens (primary N) is 1. The Morgan fingerprint density at radius 3 is 2.59 bits per heavy atom. The quantitative estimate of drug-likeness (QED) is 0.316. The van der Waals surface area contributed by atoms with Crippen molar-refractivity contribution in [2.24, 2.45) is 10.7 Å². The monoisotopic (exact) mass is 429 g/mol. The van der Waals surface area contributed by atoms with Crippen molar-refractivity contribution in [2.45, 2.75) is 19.6 Å². The predicted molar refractivity (Wildman–Crippen MR) is 91.6 cm³/mol. The maximum absolute atomic E-state index is 12.2. The maximum Gasteiger partial charge on any atom is 0.422 e. The summed E-state index contributed by atoms with van der Waals surface area (Å²) >= 11 is 0. The Morgan fingerprint density at radius 1 is 1.36 bits per heavy atom. The van der Waals surface area contributed by atoms with E-state index in [1.165, 1.54) is 6.07 Å². The molecule has 0 aromatic heterocycles. The van der Waals surface area contributed by atoms with Crippen LogP contribution in [0.4, 0.5) is 13.2 Å². The number of halogens is 4. The number of aliphatic imine (C=N–C) groups is 1. The molecule has 0 aliphatic carbocycles. The number of hydrogen-bond acceptors (Lipinski definition) is 2. The van der Waals surface area contributed by atoms with Gasteiger partial charge in [0.05, 0.1) is 6.54 Å². The molecule has 0 atom stereocenters. The normalized spacial score (nSPS) is 11.5. The molecule has 3 N–H and O–H groups in total. The van der Waals surface area contributed by atoms with Gasteiger partial charge in [0.2, 0.25) is 0 Å². The molecule has 4 nitrogen and oxygen atoms in total. The first-order chi connectivity index (χ1) is 9.78. The minimum absolute atomic E-state index is 0. The third kappa shape index (κ3) is 8.75. The summed E-state index contributed by atoms with van der Waals surface area (Å²) in [6.45, 7) is 4.82. The van der Waals surface area contributed by atoms with Crippen LogP contribution in [0.2, 0.25) is 0 Å². The largest absolute Gasteiger partial charge is 0.484 e. The van der Waals surface area contributed by atoms with E-state index in [0.29, 0.717) is 12.1 Å². The highest BCUT2D eigenvalue weighted by atomic mass is 127. The van der Waals surface area contributed by atoms with Crippen molar-refractivity contribution in [1.29, 1.82) is 0 Å². The van der Waals surface area contributed by atoms with Crippen LogP contribution in [0.1, 0.15) is 12.5 Å². The van der Waals surface area contributed by atoms with Gasteiger partial charge in [-0.1, -0.05) is 30.4 Å². The van der Waals surface area contributed by atoms with Gasteiger partial charge in [-0.05, 0) is 13.0 Å². The van der Waals surface area contributed by atoms with Crippen molar-refractivity contribution in [3.63, 3.8) is 0 Å². The van der Waals surface area contributed by atoms with Crippen LogP contribution in [-0.4, -0.2) is 25.3 Å². The molecule has 0 saturated heterocycles. The molecule has 0 spiro atoms. The summed E-state index contributed by atoms with van der Waals surface area (Å²) in [6.07, 6.45) is -4.38. The fourth-order valence-electron chi connectivity index (χ4n) is 1.40. The second-order valence-electron chi connectivity index (χ2n) is 4.52. The van der Waals surface area contributed by atoms with E-state index in [0.717, 1.165) is 5.57 Å². The number of nitrogens with one attached hydrogen (secondary N) is 1. The highest BCUT2D eigenvalue weighted by molar-refractivity contribution is 14.0. The smallest absolute Gasteiger partial charge is 0.422 e. The average molecular weight is 429 g/mol. The van der Waals surface area contributed by atoms with Crippen LogP contribution in [0.5, 0.6) is 5.75 Å². The van der Waals surface area contributed by atoms with Crippen molar-refractivity contribution in [3.05, 3.63) is 42.0 Å². The summed E-state index contributed by atoms with van der Waals surface area (Å²) in [7, 11) is 0. The molecule has 0 saturated carbocycles. The van der Waals surface area contributed by atoms with Crippen LogP contribution >= 0.6 is 24.0 Å². The lowest BCUT2D eigenvalue weighted by Gasteiger charge is -2.12. The Labute approximate surface area is 144 Å². The number of hydrogen-bond donors (Lipinski definition) is 2. The lowest BCUT2D eigenvalue weighted by atomic mass is 10.2. The lowest BCUT2D eigenvalue weighted by Crippen LogP contribution is -2.32. The molecular formula is C14H19F3IN3O. The van der Waals surface area contributed by atoms with Crippen LogP contribution in [0.3, 0.4) is 0 Å². The first-order valence-electron chi connectivity index (χ1n) is 6.23. The first kappa shape index (κ1) is 20.6. The molecule has 1 rings (SSSR count). The predicted octanol–water partition coefficient (Wildman–Crippen LogP) is 3.23. The summed E-state index contributed by atoms with van der Waals surface area (Å²) in [5.41, 5.74) is 7.06. The minimum atomic E-state index is -4.38. The number of rotatable bonds is 6. The highest BCUT2D eigenvalue weighted by Crippen LogP contribution is 2.22. The van der Waals surface area contributed by atoms with E-state index < -0.39 is 12.8 Å². The van der Waals surface area contributed by atoms with Gasteiger partial charge in [-0.25, -0.2) is 4.99 Å². The Kier molecular flexibility index (Phi) is 8.91. The third-order valence-electron chi connectivity index (χ3n) is 2.35. The number of para-hydroxylation sites is 1. The molecule has 8 heteroatoms. The third-order valence-corrected chi connectivity index (χ3v) is 2.35. The molecule has 0 aliphatic rings. The molecule has 0 aliphatic heterocycles. The number of benzene rings is 1. The van der Waals surface area contributed by atoms with Gasteiger partial charge < -0.3 is 15.8 Å². The Balaban J connectivity index is 0.00000441. The van der Waals surface area contributed by atoms with Crippen molar-refractivity contribution in [3.8, 4) is 5.75 Å². The second-order valence-corrected chi connectivity index (χ2v) is 4.52. The Morgan fingerprint density at radius 2 is 2.00 bits per heavy atom. The standard InChI is InChI=1S/C14H18F3N3O.HI/c1-10(2)7-19-13(18)20-8-11-5-3-4-6-12(11)21-9-14(15,16)17;/h3-6H,1,7-9H2,2H3,(H3,18,19,20);1H. The van der Waals surface area contributed by atoms with Gasteiger partial charge in [-0.3, -0.25) is 0 Å². The van der Waals surface area contributed by atoms with Crippen molar-refractivity contribution >= 4 is 29.9 Å². The topological polar surface area (TPSA) is 59.6 Å². The van der Waals surface area contributed by atoms with E-state index in [9.17, 15) is 13.2 Å². The summed E-state index contributed by atoms with van der Waals surface area (Å²) in [4.78, 5) is 4.05. The molecular weight excluding hydrogens is 410 g/mol. The van der Waals surface area contributed by atoms with Crippen molar-refractivity contribution in [2.75, 3.05) is 13.2 Å². The fraction of sp³-hybridized carbons (Fsp3) is 0.357. The van der Waals surface area contributed by atoms with Gasteiger partial charge in [0, 0.05) is 12.1 Å². The van der Waals surface area contributed by atoms with Crippen LogP contribution in [0.25, 0.3) is 0 Å². The Bertz CT molecular complexity index is 518. The van der Waals surface area contributed by atoms with E-state index in [1.54, 1.807) is 18.2 Å². The summed E-state index contributed by atoms with van der Waals surface area (Å²) < 4.78 is 41.3. The highest BCUT2D eigenvalue weighted by Gasteiger charge is 2.28. The van der Waals surface area contributed by atoms with Gasteiger partial charge in [0.1, 0.15) is 5.75 Å². The first-order valence-corrected chi connectivity index (χ1v) is 6.23. The summed E-state index contributed by atoms with van der Waals surface area (Å²) in [6, 6.07) is 6.40. The molecule has 124 valence electrons. The van der Waals surface area contributed by atoms with Gasteiger partial charge in [0.25, 0.3) is 0 Å². The van der Waals surface area contributed by atoms with Gasteiger partial charge in [-0.2, -0.15) is 13.2 Å². The van der Waals surface area contributed by atoms with Gasteiger partial charge in [-0.15, -0.1) is 24.0 Å². The van der Waals surface area contributed by atoms with Gasteiger partial charge in [0.15, 0.2) is 12.6 Å². The van der Waals surface area contributed by atoms with Crippen LogP contribution in [0.15, 0.2) is 41.4 Å². The molecule has 0 heterocycles. The van der Waals surface area contributed by atoms with Crippen molar-refractivity contribution in [1.82, 2.24) is 5.32 Å². The lowest BCUT2D eigenvalue weighted by molar-refractivity contribution is -0.153. The Hall–Kier alpha value is -1.45. The molecule has 0 unspecified atom stereocenters. The number of guanidine groups is 1. The SMILES string of the molecule is C=C(C)CNC(N)=NCc1ccccc1OCC(F)(F)F.I. The molecule has 1 aromatic rings. The number of alkyl halides is 3. The number of nitrogens with zero attached hydrogens (tertiary/aromatic N) is 1. The summed E-state index contributed by atoms with van der Waals surface area (Å²) in [5, 5.41) is 2.84. The van der Waals surface area contributed by atoms with E-state index in [4.69, 9.17) is 10.5 Å². The fourth-order valence-corrected chi connectivity index (χ4v) is 1.40. The maximum atomic E-state index is 12.2. The van der Waals surface area contributed by atoms with E-state index in [2.05, 4.69) is 16.9 Å². The van der Waals surface area contributed by atoms with Crippen LogP contribution in [0, 0.1) is 0 Å². The van der Waals surface area contributed by atoms with Gasteiger partial charge >= 0.3 is 6.18 Å². The van der Waals surface area contributed by atoms with Crippen molar-refractivity contribution < 1.29 is 17.9 Å². The van der Waals surface area contributed by atoms with E-state index >= 15 is 0 Å². The molecule has 0 fully saturated rings. The number of ether oxygens (including phenoxy) is 1. The molecule has 0 amide bonds. The second kappa shape index (κ2) is 9.54. The summed E-state index contributed by atoms with van der Waals surface area (Å²) in [5.74, 6) is 0.343. The zero-order chi connectivity index (χ0) is 15.9. The molecule has 22 heavy (non-hydrogen) atoms. The van der Waals surface area contributed by atoms with Crippen LogP contribution < -0.4 is 15.8 Å². The molecule has 1 aromatic carbocycles. The average Bonchev–Trinajstić information content (AvgIpc) is 2.40. The van der Waals surface area contributed by atoms with E-state index in [-0.39, 0.29) is 42.2 Å². The van der Waals surface area contributed by atoms with E-state index in [1.807, 2.05) is 6.92 Å².